The number of fused-ring (bicyclic) bond motifs is 1. The van der Waals surface area contributed by atoms with E-state index >= 15 is 4.39 Å². The number of hydrogen-bond donors (Lipinski definition) is 1. The van der Waals surface area contributed by atoms with Gasteiger partial charge in [-0.1, -0.05) is 31.2 Å². The summed E-state index contributed by atoms with van der Waals surface area (Å²) in [6, 6.07) is 19.4. The van der Waals surface area contributed by atoms with Crippen molar-refractivity contribution in [2.75, 3.05) is 12.8 Å². The van der Waals surface area contributed by atoms with E-state index < -0.39 is 15.3 Å². The Labute approximate surface area is 249 Å². The van der Waals surface area contributed by atoms with E-state index in [0.29, 0.717) is 16.2 Å². The minimum absolute atomic E-state index is 0.0663. The van der Waals surface area contributed by atoms with Gasteiger partial charge < -0.3 is 10.1 Å². The van der Waals surface area contributed by atoms with Crippen molar-refractivity contribution in [1.29, 1.82) is 0 Å². The van der Waals surface area contributed by atoms with Gasteiger partial charge in [0.15, 0.2) is 11.6 Å². The molecule has 1 unspecified atom stereocenters. The summed E-state index contributed by atoms with van der Waals surface area (Å²) >= 11 is 1.49. The Morgan fingerprint density at radius 1 is 1.00 bits per heavy atom. The molecule has 5 rings (SSSR count). The van der Waals surface area contributed by atoms with Crippen molar-refractivity contribution in [3.8, 4) is 22.1 Å². The fourth-order valence-corrected chi connectivity index (χ4v) is 6.31. The van der Waals surface area contributed by atoms with Gasteiger partial charge in [-0.15, -0.1) is 11.3 Å². The number of carbonyl (C=O) groups excluding carboxylic acids is 1. The SMILES string of the molecule is C=S(C)(=O)c1cccc(CC(=O)Cc2ccc(Oc3ccnc4cc(-c5ccc(CNCCC)cn5)sc34)c(F)c2)c1. The van der Waals surface area contributed by atoms with Crippen LogP contribution in [0.5, 0.6) is 11.5 Å². The molecule has 3 aromatic heterocycles. The van der Waals surface area contributed by atoms with E-state index in [0.717, 1.165) is 51.4 Å². The number of Topliss-reactive ketones (excluding diaryl/α,β-unsaturated/α-hetero) is 1. The van der Waals surface area contributed by atoms with Gasteiger partial charge in [-0.2, -0.15) is 0 Å². The van der Waals surface area contributed by atoms with Crippen molar-refractivity contribution in [1.82, 2.24) is 15.3 Å². The molecular formula is C33H32FN3O3S2. The summed E-state index contributed by atoms with van der Waals surface area (Å²) in [6.45, 7) is 3.87. The van der Waals surface area contributed by atoms with Crippen LogP contribution in [-0.4, -0.2) is 38.6 Å². The lowest BCUT2D eigenvalue weighted by Gasteiger charge is -2.09. The number of nitrogens with one attached hydrogen (secondary N) is 1. The monoisotopic (exact) mass is 601 g/mol. The van der Waals surface area contributed by atoms with Crippen molar-refractivity contribution in [3.63, 3.8) is 0 Å². The van der Waals surface area contributed by atoms with Crippen molar-refractivity contribution in [2.45, 2.75) is 37.6 Å². The lowest BCUT2D eigenvalue weighted by atomic mass is 10.0. The van der Waals surface area contributed by atoms with E-state index in [-0.39, 0.29) is 24.4 Å². The number of pyridine rings is 2. The zero-order valence-corrected chi connectivity index (χ0v) is 25.2. The number of aromatic nitrogens is 2. The van der Waals surface area contributed by atoms with E-state index in [1.165, 1.54) is 17.4 Å². The molecule has 0 amide bonds. The molecule has 0 radical (unpaired) electrons. The number of ether oxygens (including phenoxy) is 1. The fourth-order valence-electron chi connectivity index (χ4n) is 4.50. The van der Waals surface area contributed by atoms with Crippen molar-refractivity contribution >= 4 is 42.7 Å². The zero-order chi connectivity index (χ0) is 29.7. The Kier molecular flexibility index (Phi) is 9.11. The number of nitrogens with zero attached hydrogens (tertiary/aromatic N) is 2. The highest BCUT2D eigenvalue weighted by molar-refractivity contribution is 7.99. The lowest BCUT2D eigenvalue weighted by Crippen LogP contribution is -2.13. The molecule has 42 heavy (non-hydrogen) atoms. The Morgan fingerprint density at radius 3 is 2.50 bits per heavy atom. The Balaban J connectivity index is 1.27. The highest BCUT2D eigenvalue weighted by Crippen LogP contribution is 2.39. The Hall–Kier alpha value is -3.92. The molecule has 0 aliphatic rings. The van der Waals surface area contributed by atoms with Gasteiger partial charge in [0, 0.05) is 49.0 Å². The van der Waals surface area contributed by atoms with Crippen LogP contribution in [0, 0.1) is 5.82 Å². The summed E-state index contributed by atoms with van der Waals surface area (Å²) in [5.41, 5.74) is 4.00. The van der Waals surface area contributed by atoms with E-state index in [1.807, 2.05) is 24.4 Å². The summed E-state index contributed by atoms with van der Waals surface area (Å²) in [5.74, 6) is 3.64. The average Bonchev–Trinajstić information content (AvgIpc) is 3.40. The second-order valence-electron chi connectivity index (χ2n) is 10.3. The van der Waals surface area contributed by atoms with E-state index in [1.54, 1.807) is 48.9 Å². The molecule has 1 atom stereocenters. The maximum atomic E-state index is 15.1. The molecule has 216 valence electrons. The van der Waals surface area contributed by atoms with Crippen LogP contribution in [0.25, 0.3) is 20.8 Å². The molecule has 0 fully saturated rings. The predicted molar refractivity (Wildman–Crippen MR) is 170 cm³/mol. The third-order valence-electron chi connectivity index (χ3n) is 6.62. The fraction of sp³-hybridized carbons (Fsp3) is 0.212. The molecule has 0 saturated carbocycles. The molecule has 9 heteroatoms. The Bertz CT molecular complexity index is 1830. The molecular weight excluding hydrogens is 570 g/mol. The first-order valence-electron chi connectivity index (χ1n) is 13.6. The minimum Gasteiger partial charge on any atom is -0.453 e. The molecule has 6 nitrogen and oxygen atoms in total. The van der Waals surface area contributed by atoms with Crippen LogP contribution >= 0.6 is 11.3 Å². The maximum absolute atomic E-state index is 15.1. The second kappa shape index (κ2) is 12.9. The van der Waals surface area contributed by atoms with Crippen LogP contribution < -0.4 is 10.1 Å². The van der Waals surface area contributed by atoms with Crippen LogP contribution in [0.2, 0.25) is 0 Å². The van der Waals surface area contributed by atoms with Crippen LogP contribution in [0.15, 0.2) is 84.0 Å². The standard InChI is InChI=1S/C33H32FN3O3S2/c1-4-13-35-20-24-8-10-28(37-21-24)32-19-29-33(41-32)31(12-14-36-29)40-30-11-9-23(18-27(30)34)16-25(38)15-22-6-5-7-26(17-22)42(2,3)39/h5-12,14,17-19,21,35H,2,4,13,15-16,20H2,1,3H3. The van der Waals surface area contributed by atoms with Gasteiger partial charge >= 0.3 is 0 Å². The molecule has 5 aromatic rings. The number of benzene rings is 2. The molecule has 0 bridgehead atoms. The third-order valence-corrected chi connectivity index (χ3v) is 9.04. The summed E-state index contributed by atoms with van der Waals surface area (Å²) in [7, 11) is -2.37. The van der Waals surface area contributed by atoms with E-state index in [9.17, 15) is 9.00 Å². The van der Waals surface area contributed by atoms with Crippen LogP contribution in [0.4, 0.5) is 4.39 Å². The molecule has 0 spiro atoms. The summed E-state index contributed by atoms with van der Waals surface area (Å²) < 4.78 is 34.2. The first-order chi connectivity index (χ1) is 20.2. The van der Waals surface area contributed by atoms with E-state index in [2.05, 4.69) is 34.1 Å². The van der Waals surface area contributed by atoms with Gasteiger partial charge in [-0.25, -0.2) is 4.39 Å². The van der Waals surface area contributed by atoms with Gasteiger partial charge in [-0.05, 0) is 81.4 Å². The number of ketones is 1. The van der Waals surface area contributed by atoms with Gasteiger partial charge in [0.1, 0.15) is 11.5 Å². The highest BCUT2D eigenvalue weighted by atomic mass is 32.2. The lowest BCUT2D eigenvalue weighted by molar-refractivity contribution is -0.117. The Morgan fingerprint density at radius 2 is 1.79 bits per heavy atom. The van der Waals surface area contributed by atoms with Crippen molar-refractivity contribution in [2.24, 2.45) is 0 Å². The predicted octanol–water partition coefficient (Wildman–Crippen LogP) is 6.85. The number of rotatable bonds is 12. The van der Waals surface area contributed by atoms with Crippen molar-refractivity contribution < 1.29 is 18.1 Å². The summed E-state index contributed by atoms with van der Waals surface area (Å²) in [6.07, 6.45) is 6.38. The topological polar surface area (TPSA) is 81.2 Å². The normalized spacial score (nSPS) is 12.7. The molecule has 0 aliphatic carbocycles. The van der Waals surface area contributed by atoms with Crippen LogP contribution in [0.3, 0.4) is 0 Å². The van der Waals surface area contributed by atoms with Crippen molar-refractivity contribution in [3.05, 3.63) is 102 Å². The number of thiophene rings is 1. The number of hydrogen-bond acceptors (Lipinski definition) is 7. The minimum atomic E-state index is -2.37. The van der Waals surface area contributed by atoms with Gasteiger partial charge in [0.25, 0.3) is 0 Å². The first-order valence-corrected chi connectivity index (χ1v) is 16.6. The largest absolute Gasteiger partial charge is 0.453 e. The maximum Gasteiger partial charge on any atom is 0.166 e. The second-order valence-corrected chi connectivity index (χ2v) is 13.8. The van der Waals surface area contributed by atoms with Gasteiger partial charge in [0.05, 0.1) is 20.8 Å². The van der Waals surface area contributed by atoms with E-state index in [4.69, 9.17) is 4.74 Å². The third kappa shape index (κ3) is 7.28. The number of carbonyl (C=O) groups is 1. The molecule has 3 heterocycles. The smallest absolute Gasteiger partial charge is 0.166 e. The zero-order valence-electron chi connectivity index (χ0n) is 23.6. The van der Waals surface area contributed by atoms with Gasteiger partial charge in [0.2, 0.25) is 0 Å². The van der Waals surface area contributed by atoms with Gasteiger partial charge in [-0.3, -0.25) is 19.0 Å². The average molecular weight is 602 g/mol. The molecule has 1 N–H and O–H groups in total. The van der Waals surface area contributed by atoms with Crippen LogP contribution in [-0.2, 0) is 33.7 Å². The molecule has 0 aliphatic heterocycles. The molecule has 0 saturated heterocycles. The van der Waals surface area contributed by atoms with Crippen LogP contribution in [0.1, 0.15) is 30.0 Å². The summed E-state index contributed by atoms with van der Waals surface area (Å²) in [5, 5.41) is 3.37. The highest BCUT2D eigenvalue weighted by Gasteiger charge is 2.15. The molecule has 2 aromatic carbocycles. The number of halogens is 1. The summed E-state index contributed by atoms with van der Waals surface area (Å²) in [4.78, 5) is 23.4. The quantitative estimate of drug-likeness (QED) is 0.124. The first kappa shape index (κ1) is 29.6.